The van der Waals surface area contributed by atoms with E-state index in [1.165, 1.54) is 0 Å². The van der Waals surface area contributed by atoms with Crippen molar-refractivity contribution in [2.75, 3.05) is 59.1 Å². The molecule has 26 heavy (non-hydrogen) atoms. The Balaban J connectivity index is 1.78. The number of carbonyl (C=O) groups excluding carboxylic acids is 1. The Morgan fingerprint density at radius 3 is 2.58 bits per heavy atom. The maximum Gasteiger partial charge on any atom is 0.237 e. The minimum atomic E-state index is -0.0134. The van der Waals surface area contributed by atoms with Gasteiger partial charge in [0.15, 0.2) is 0 Å². The van der Waals surface area contributed by atoms with Gasteiger partial charge in [0.1, 0.15) is 0 Å². The first kappa shape index (κ1) is 21.6. The van der Waals surface area contributed by atoms with Gasteiger partial charge in [0.05, 0.1) is 25.4 Å². The lowest BCUT2D eigenvalue weighted by atomic mass is 9.91. The largest absolute Gasteiger partial charge is 0.379 e. The van der Waals surface area contributed by atoms with Gasteiger partial charge in [-0.3, -0.25) is 9.69 Å². The third-order valence-corrected chi connectivity index (χ3v) is 5.69. The van der Waals surface area contributed by atoms with E-state index in [0.29, 0.717) is 12.0 Å². The molecule has 6 heteroatoms. The first-order valence-electron chi connectivity index (χ1n) is 10.6. The second kappa shape index (κ2) is 11.9. The molecule has 0 aromatic carbocycles. The quantitative estimate of drug-likeness (QED) is 0.628. The summed E-state index contributed by atoms with van der Waals surface area (Å²) in [6.07, 6.45) is 4.49. The van der Waals surface area contributed by atoms with Gasteiger partial charge < -0.3 is 19.7 Å². The monoisotopic (exact) mass is 369 g/mol. The Morgan fingerprint density at radius 1 is 1.15 bits per heavy atom. The second-order valence-corrected chi connectivity index (χ2v) is 7.65. The summed E-state index contributed by atoms with van der Waals surface area (Å²) >= 11 is 0. The van der Waals surface area contributed by atoms with Crippen molar-refractivity contribution < 1.29 is 14.3 Å². The summed E-state index contributed by atoms with van der Waals surface area (Å²) in [4.78, 5) is 17.7. The van der Waals surface area contributed by atoms with Crippen LogP contribution in [0.5, 0.6) is 0 Å². The molecule has 0 unspecified atom stereocenters. The zero-order valence-corrected chi connectivity index (χ0v) is 17.0. The highest BCUT2D eigenvalue weighted by Crippen LogP contribution is 2.20. The van der Waals surface area contributed by atoms with E-state index in [4.69, 9.17) is 9.47 Å². The molecule has 1 N–H and O–H groups in total. The molecule has 0 bridgehead atoms. The number of nitrogens with zero attached hydrogens (tertiary/aromatic N) is 2. The number of hydrogen-bond donors (Lipinski definition) is 1. The lowest BCUT2D eigenvalue weighted by Gasteiger charge is -2.37. The topological polar surface area (TPSA) is 54.0 Å². The Hall–Kier alpha value is -0.690. The highest BCUT2D eigenvalue weighted by molar-refractivity contribution is 5.82. The molecule has 0 radical (unpaired) electrons. The smallest absolute Gasteiger partial charge is 0.237 e. The Kier molecular flexibility index (Phi) is 9.89. The molecule has 2 rings (SSSR count). The molecule has 152 valence electrons. The van der Waals surface area contributed by atoms with E-state index in [0.717, 1.165) is 84.8 Å². The molecule has 2 aliphatic rings. The summed E-state index contributed by atoms with van der Waals surface area (Å²) in [5.74, 6) is 0.616. The molecule has 2 heterocycles. The fraction of sp³-hybridized carbons (Fsp3) is 0.950. The summed E-state index contributed by atoms with van der Waals surface area (Å²) in [7, 11) is 0. The molecule has 0 aliphatic carbocycles. The second-order valence-electron chi connectivity index (χ2n) is 7.65. The van der Waals surface area contributed by atoms with Gasteiger partial charge in [0.25, 0.3) is 0 Å². The molecule has 6 nitrogen and oxygen atoms in total. The van der Waals surface area contributed by atoms with Crippen molar-refractivity contribution in [1.82, 2.24) is 15.1 Å². The van der Waals surface area contributed by atoms with Crippen LogP contribution in [0.15, 0.2) is 0 Å². The molecule has 2 atom stereocenters. The maximum absolute atomic E-state index is 12.9. The van der Waals surface area contributed by atoms with Crippen LogP contribution in [0.3, 0.4) is 0 Å². The molecule has 1 amide bonds. The molecular weight excluding hydrogens is 330 g/mol. The van der Waals surface area contributed by atoms with Gasteiger partial charge in [0.2, 0.25) is 5.91 Å². The minimum absolute atomic E-state index is 0.0134. The summed E-state index contributed by atoms with van der Waals surface area (Å²) in [6, 6.07) is -0.0134. The molecule has 0 saturated carbocycles. The summed E-state index contributed by atoms with van der Waals surface area (Å²) in [5.41, 5.74) is 0. The first-order chi connectivity index (χ1) is 12.7. The zero-order valence-electron chi connectivity index (χ0n) is 17.0. The van der Waals surface area contributed by atoms with Crippen molar-refractivity contribution in [3.63, 3.8) is 0 Å². The average molecular weight is 370 g/mol. The van der Waals surface area contributed by atoms with Crippen molar-refractivity contribution >= 4 is 5.91 Å². The van der Waals surface area contributed by atoms with Crippen LogP contribution in [0.1, 0.15) is 46.5 Å². The van der Waals surface area contributed by atoms with E-state index in [2.05, 4.69) is 35.9 Å². The predicted molar refractivity (Wildman–Crippen MR) is 104 cm³/mol. The number of hydrogen-bond acceptors (Lipinski definition) is 5. The van der Waals surface area contributed by atoms with Crippen LogP contribution >= 0.6 is 0 Å². The lowest BCUT2D eigenvalue weighted by Crippen LogP contribution is -2.54. The van der Waals surface area contributed by atoms with Crippen molar-refractivity contribution in [3.8, 4) is 0 Å². The van der Waals surface area contributed by atoms with Crippen LogP contribution in [0.25, 0.3) is 0 Å². The zero-order chi connectivity index (χ0) is 18.8. The van der Waals surface area contributed by atoms with Crippen molar-refractivity contribution in [2.24, 2.45) is 5.92 Å². The number of rotatable bonds is 9. The molecule has 0 aromatic rings. The van der Waals surface area contributed by atoms with E-state index in [1.54, 1.807) is 0 Å². The van der Waals surface area contributed by atoms with Gasteiger partial charge in [-0.2, -0.15) is 0 Å². The van der Waals surface area contributed by atoms with Crippen LogP contribution < -0.4 is 5.32 Å². The van der Waals surface area contributed by atoms with Gasteiger partial charge in [-0.25, -0.2) is 0 Å². The maximum atomic E-state index is 12.9. The number of morpholine rings is 1. The van der Waals surface area contributed by atoms with Crippen LogP contribution in [-0.2, 0) is 14.3 Å². The lowest BCUT2D eigenvalue weighted by molar-refractivity contribution is -0.130. The van der Waals surface area contributed by atoms with Gasteiger partial charge >= 0.3 is 0 Å². The van der Waals surface area contributed by atoms with Crippen LogP contribution in [0.2, 0.25) is 0 Å². The molecule has 0 aromatic heterocycles. The molecule has 2 fully saturated rings. The van der Waals surface area contributed by atoms with Gasteiger partial charge in [0, 0.05) is 39.3 Å². The highest BCUT2D eigenvalue weighted by Gasteiger charge is 2.32. The SMILES string of the molecule is CCC(CC)[C@@H](C(=O)NCCCN1CCCO[C@@H](C)C1)N1CCOCC1. The number of nitrogens with one attached hydrogen (secondary N) is 1. The normalized spacial score (nSPS) is 24.4. The van der Waals surface area contributed by atoms with E-state index in [1.807, 2.05) is 0 Å². The van der Waals surface area contributed by atoms with E-state index in [-0.39, 0.29) is 11.9 Å². The summed E-state index contributed by atoms with van der Waals surface area (Å²) in [5, 5.41) is 3.22. The van der Waals surface area contributed by atoms with Gasteiger partial charge in [-0.05, 0) is 32.2 Å². The first-order valence-corrected chi connectivity index (χ1v) is 10.6. The highest BCUT2D eigenvalue weighted by atomic mass is 16.5. The Labute approximate surface area is 159 Å². The number of carbonyl (C=O) groups is 1. The summed E-state index contributed by atoms with van der Waals surface area (Å²) in [6.45, 7) is 14.5. The number of ether oxygens (including phenoxy) is 2. The van der Waals surface area contributed by atoms with Crippen molar-refractivity contribution in [1.29, 1.82) is 0 Å². The number of amides is 1. The minimum Gasteiger partial charge on any atom is -0.379 e. The summed E-state index contributed by atoms with van der Waals surface area (Å²) < 4.78 is 11.2. The van der Waals surface area contributed by atoms with E-state index >= 15 is 0 Å². The fourth-order valence-corrected chi connectivity index (χ4v) is 4.17. The van der Waals surface area contributed by atoms with Crippen molar-refractivity contribution in [2.45, 2.75) is 58.6 Å². The fourth-order valence-electron chi connectivity index (χ4n) is 4.17. The predicted octanol–water partition coefficient (Wildman–Crippen LogP) is 1.74. The van der Waals surface area contributed by atoms with Gasteiger partial charge in [-0.15, -0.1) is 0 Å². The van der Waals surface area contributed by atoms with E-state index < -0.39 is 0 Å². The van der Waals surface area contributed by atoms with Crippen LogP contribution in [-0.4, -0.2) is 86.9 Å². The van der Waals surface area contributed by atoms with Crippen LogP contribution in [0.4, 0.5) is 0 Å². The molecule has 2 saturated heterocycles. The van der Waals surface area contributed by atoms with Gasteiger partial charge in [-0.1, -0.05) is 26.7 Å². The Morgan fingerprint density at radius 2 is 1.88 bits per heavy atom. The molecular formula is C20H39N3O3. The Bertz CT molecular complexity index is 398. The van der Waals surface area contributed by atoms with E-state index in [9.17, 15) is 4.79 Å². The van der Waals surface area contributed by atoms with Crippen molar-refractivity contribution in [3.05, 3.63) is 0 Å². The molecule has 2 aliphatic heterocycles. The third kappa shape index (κ3) is 6.80. The third-order valence-electron chi connectivity index (χ3n) is 5.69. The average Bonchev–Trinajstić information content (AvgIpc) is 2.87. The van der Waals surface area contributed by atoms with Crippen LogP contribution in [0, 0.1) is 5.92 Å². The standard InChI is InChI=1S/C20H39N3O3/c1-4-18(5-2)19(23-11-14-25-15-12-23)20(24)21-8-6-9-22-10-7-13-26-17(3)16-22/h17-19H,4-16H2,1-3H3,(H,21,24)/t17-,19-/m0/s1. The molecule has 0 spiro atoms.